The third-order valence-corrected chi connectivity index (χ3v) is 6.70. The molecule has 1 amide bonds. The van der Waals surface area contributed by atoms with E-state index in [0.29, 0.717) is 10.6 Å². The summed E-state index contributed by atoms with van der Waals surface area (Å²) in [6.07, 6.45) is -4.84. The Morgan fingerprint density at radius 1 is 1.00 bits per heavy atom. The monoisotopic (exact) mass is 512 g/mol. The summed E-state index contributed by atoms with van der Waals surface area (Å²) in [4.78, 5) is 12.8. The van der Waals surface area contributed by atoms with Crippen LogP contribution in [0.2, 0.25) is 5.02 Å². The van der Waals surface area contributed by atoms with Crippen LogP contribution >= 0.6 is 11.6 Å². The summed E-state index contributed by atoms with van der Waals surface area (Å²) >= 11 is 6.01. The smallest absolute Gasteiger partial charge is 0.406 e. The molecule has 0 bridgehead atoms. The second-order valence-electron chi connectivity index (χ2n) is 7.38. The molecule has 180 valence electrons. The van der Waals surface area contributed by atoms with Gasteiger partial charge in [-0.2, -0.15) is 0 Å². The summed E-state index contributed by atoms with van der Waals surface area (Å²) < 4.78 is 68.6. The lowest BCUT2D eigenvalue weighted by Crippen LogP contribution is -2.38. The molecule has 0 radical (unpaired) electrons. The number of aryl methyl sites for hydroxylation is 2. The first-order chi connectivity index (χ1) is 15.8. The molecule has 0 unspecified atom stereocenters. The van der Waals surface area contributed by atoms with E-state index in [2.05, 4.69) is 10.1 Å². The second kappa shape index (κ2) is 9.94. The topological polar surface area (TPSA) is 75.7 Å². The molecule has 0 fully saturated rings. The number of hydrogen-bond donors (Lipinski definition) is 1. The van der Waals surface area contributed by atoms with E-state index in [1.165, 1.54) is 36.4 Å². The molecule has 0 saturated carbocycles. The van der Waals surface area contributed by atoms with E-state index in [0.717, 1.165) is 22.0 Å². The first-order valence-corrected chi connectivity index (χ1v) is 11.7. The Labute approximate surface area is 200 Å². The van der Waals surface area contributed by atoms with Gasteiger partial charge in [-0.25, -0.2) is 8.42 Å². The number of nitrogens with one attached hydrogen (secondary N) is 1. The van der Waals surface area contributed by atoms with Gasteiger partial charge in [0.05, 0.1) is 10.6 Å². The molecule has 0 heterocycles. The van der Waals surface area contributed by atoms with Crippen molar-refractivity contribution in [1.29, 1.82) is 0 Å². The van der Waals surface area contributed by atoms with Crippen LogP contribution in [0.5, 0.6) is 5.75 Å². The highest BCUT2D eigenvalue weighted by Crippen LogP contribution is 2.29. The zero-order chi connectivity index (χ0) is 25.1. The van der Waals surface area contributed by atoms with Crippen LogP contribution in [0.1, 0.15) is 11.1 Å². The normalized spacial score (nSPS) is 11.7. The number of rotatable bonds is 7. The summed E-state index contributed by atoms with van der Waals surface area (Å²) in [7, 11) is -4.14. The fourth-order valence-corrected chi connectivity index (χ4v) is 4.82. The van der Waals surface area contributed by atoms with Crippen molar-refractivity contribution in [3.63, 3.8) is 0 Å². The number of anilines is 2. The molecular weight excluding hydrogens is 493 g/mol. The van der Waals surface area contributed by atoms with Crippen molar-refractivity contribution in [3.05, 3.63) is 82.9 Å². The van der Waals surface area contributed by atoms with E-state index in [4.69, 9.17) is 11.6 Å². The quantitative estimate of drug-likeness (QED) is 0.441. The number of benzene rings is 3. The van der Waals surface area contributed by atoms with Crippen LogP contribution < -0.4 is 14.4 Å². The highest BCUT2D eigenvalue weighted by Gasteiger charge is 2.31. The molecule has 3 aromatic carbocycles. The van der Waals surface area contributed by atoms with Gasteiger partial charge < -0.3 is 10.1 Å². The lowest BCUT2D eigenvalue weighted by molar-refractivity contribution is -0.274. The van der Waals surface area contributed by atoms with Crippen LogP contribution in [0.3, 0.4) is 0 Å². The Kier molecular flexibility index (Phi) is 7.42. The van der Waals surface area contributed by atoms with Gasteiger partial charge in [-0.05, 0) is 74.0 Å². The van der Waals surface area contributed by atoms with Crippen LogP contribution in [0.25, 0.3) is 0 Å². The van der Waals surface area contributed by atoms with Crippen LogP contribution in [0.4, 0.5) is 24.5 Å². The lowest BCUT2D eigenvalue weighted by atomic mass is 10.2. The average Bonchev–Trinajstić information content (AvgIpc) is 2.73. The number of sulfonamides is 1. The van der Waals surface area contributed by atoms with Crippen molar-refractivity contribution in [2.75, 3.05) is 16.2 Å². The minimum Gasteiger partial charge on any atom is -0.406 e. The Balaban J connectivity index is 1.88. The van der Waals surface area contributed by atoms with Crippen molar-refractivity contribution in [1.82, 2.24) is 0 Å². The Bertz CT molecular complexity index is 1280. The van der Waals surface area contributed by atoms with Crippen LogP contribution in [-0.2, 0) is 14.8 Å². The van der Waals surface area contributed by atoms with Crippen molar-refractivity contribution in [2.45, 2.75) is 25.1 Å². The molecule has 0 aliphatic rings. The summed E-state index contributed by atoms with van der Waals surface area (Å²) in [6, 6.07) is 15.3. The van der Waals surface area contributed by atoms with E-state index < -0.39 is 34.6 Å². The maximum atomic E-state index is 13.4. The number of hydrogen-bond acceptors (Lipinski definition) is 4. The molecule has 11 heteroatoms. The van der Waals surface area contributed by atoms with Gasteiger partial charge in [0.1, 0.15) is 12.3 Å². The van der Waals surface area contributed by atoms with Gasteiger partial charge >= 0.3 is 6.36 Å². The maximum Gasteiger partial charge on any atom is 0.573 e. The van der Waals surface area contributed by atoms with E-state index in [9.17, 15) is 26.4 Å². The van der Waals surface area contributed by atoms with Gasteiger partial charge in [-0.3, -0.25) is 9.10 Å². The molecule has 0 aliphatic carbocycles. The summed E-state index contributed by atoms with van der Waals surface area (Å²) in [5.41, 5.74) is 1.82. The van der Waals surface area contributed by atoms with E-state index in [1.54, 1.807) is 25.1 Å². The SMILES string of the molecule is Cc1ccc(S(=O)(=O)N(CC(=O)Nc2ccc(OC(F)(F)F)cc2)c2ccc(Cl)cc2C)cc1. The average molecular weight is 513 g/mol. The largest absolute Gasteiger partial charge is 0.573 e. The van der Waals surface area contributed by atoms with Crippen LogP contribution in [0.15, 0.2) is 71.6 Å². The Morgan fingerprint density at radius 3 is 2.18 bits per heavy atom. The summed E-state index contributed by atoms with van der Waals surface area (Å²) in [5.74, 6) is -1.15. The summed E-state index contributed by atoms with van der Waals surface area (Å²) in [5, 5.41) is 2.89. The van der Waals surface area contributed by atoms with E-state index in [-0.39, 0.29) is 16.3 Å². The molecule has 6 nitrogen and oxygen atoms in total. The Hall–Kier alpha value is -3.24. The molecule has 0 atom stereocenters. The Morgan fingerprint density at radius 2 is 1.62 bits per heavy atom. The van der Waals surface area contributed by atoms with Gasteiger partial charge in [0.15, 0.2) is 0 Å². The molecular formula is C23H20ClF3N2O4S. The zero-order valence-electron chi connectivity index (χ0n) is 18.1. The molecule has 3 aromatic rings. The minimum absolute atomic E-state index is 0.00565. The number of carbonyl (C=O) groups excluding carboxylic acids is 1. The van der Waals surface area contributed by atoms with Crippen LogP contribution in [-0.4, -0.2) is 27.2 Å². The first-order valence-electron chi connectivity index (χ1n) is 9.86. The molecule has 0 aliphatic heterocycles. The second-order valence-corrected chi connectivity index (χ2v) is 9.67. The molecule has 34 heavy (non-hydrogen) atoms. The first kappa shape index (κ1) is 25.4. The predicted octanol–water partition coefficient (Wildman–Crippen LogP) is 5.69. The van der Waals surface area contributed by atoms with E-state index in [1.807, 2.05) is 6.92 Å². The van der Waals surface area contributed by atoms with Crippen molar-refractivity contribution >= 4 is 38.9 Å². The molecule has 1 N–H and O–H groups in total. The zero-order valence-corrected chi connectivity index (χ0v) is 19.6. The highest BCUT2D eigenvalue weighted by molar-refractivity contribution is 7.92. The highest BCUT2D eigenvalue weighted by atomic mass is 35.5. The fourth-order valence-electron chi connectivity index (χ4n) is 3.11. The molecule has 0 spiro atoms. The van der Waals surface area contributed by atoms with Crippen molar-refractivity contribution < 1.29 is 31.1 Å². The standard InChI is InChI=1S/C23H20ClF3N2O4S/c1-15-3-10-20(11-4-15)34(31,32)29(21-12-5-17(24)13-16(21)2)14-22(30)28-18-6-8-19(9-7-18)33-23(25,26)27/h3-13H,14H2,1-2H3,(H,28,30). The minimum atomic E-state index is -4.84. The third-order valence-electron chi connectivity index (χ3n) is 4.70. The summed E-state index contributed by atoms with van der Waals surface area (Å²) in [6.45, 7) is 2.89. The van der Waals surface area contributed by atoms with Crippen molar-refractivity contribution in [3.8, 4) is 5.75 Å². The number of alkyl halides is 3. The molecule has 3 rings (SSSR count). The molecule has 0 saturated heterocycles. The third kappa shape index (κ3) is 6.42. The molecule has 0 aromatic heterocycles. The van der Waals surface area contributed by atoms with Gasteiger partial charge in [0.2, 0.25) is 5.91 Å². The van der Waals surface area contributed by atoms with E-state index >= 15 is 0 Å². The van der Waals surface area contributed by atoms with Gasteiger partial charge in [-0.15, -0.1) is 13.2 Å². The van der Waals surface area contributed by atoms with Gasteiger partial charge in [0, 0.05) is 10.7 Å². The van der Waals surface area contributed by atoms with Crippen molar-refractivity contribution in [2.24, 2.45) is 0 Å². The maximum absolute atomic E-state index is 13.4. The van der Waals surface area contributed by atoms with Gasteiger partial charge in [0.25, 0.3) is 10.0 Å². The van der Waals surface area contributed by atoms with Crippen LogP contribution in [0, 0.1) is 13.8 Å². The predicted molar refractivity (Wildman–Crippen MR) is 124 cm³/mol. The number of carbonyl (C=O) groups is 1. The number of ether oxygens (including phenoxy) is 1. The number of nitrogens with zero attached hydrogens (tertiary/aromatic N) is 1. The lowest BCUT2D eigenvalue weighted by Gasteiger charge is -2.26. The number of halogens is 4. The number of amides is 1. The fraction of sp³-hybridized carbons (Fsp3) is 0.174. The van der Waals surface area contributed by atoms with Gasteiger partial charge in [-0.1, -0.05) is 29.3 Å².